The summed E-state index contributed by atoms with van der Waals surface area (Å²) in [6, 6.07) is 0. The monoisotopic (exact) mass is 400 g/mol. The molecule has 0 aromatic carbocycles. The summed E-state index contributed by atoms with van der Waals surface area (Å²) in [5.74, 6) is -0.164. The molecule has 5 N–H and O–H groups in total. The van der Waals surface area contributed by atoms with E-state index in [1.54, 1.807) is 6.20 Å². The van der Waals surface area contributed by atoms with Crippen molar-refractivity contribution in [3.63, 3.8) is 0 Å². The average Bonchev–Trinajstić information content (AvgIpc) is 2.65. The number of nitrogens with one attached hydrogen (secondary N) is 1. The third kappa shape index (κ3) is 10.9. The van der Waals surface area contributed by atoms with Crippen LogP contribution in [0.4, 0.5) is 0 Å². The highest BCUT2D eigenvalue weighted by atomic mass is 16.5. The summed E-state index contributed by atoms with van der Waals surface area (Å²) < 4.78 is 5.87. The molecule has 0 bridgehead atoms. The molecule has 0 aromatic heterocycles. The minimum Gasteiger partial charge on any atom is -0.481 e. The van der Waals surface area contributed by atoms with Crippen LogP contribution < -0.4 is 11.1 Å². The van der Waals surface area contributed by atoms with Gasteiger partial charge in [-0.3, -0.25) is 4.79 Å². The van der Waals surface area contributed by atoms with E-state index in [9.17, 15) is 9.90 Å². The second-order valence-corrected chi connectivity index (χ2v) is 8.86. The van der Waals surface area contributed by atoms with Crippen molar-refractivity contribution in [1.82, 2.24) is 5.32 Å². The quantitative estimate of drug-likeness (QED) is 0.276. The molecule has 2 atom stereocenters. The zero-order chi connectivity index (χ0) is 21.6. The van der Waals surface area contributed by atoms with Crippen LogP contribution in [-0.4, -0.2) is 42.5 Å². The Morgan fingerprint density at radius 1 is 1.25 bits per heavy atom. The van der Waals surface area contributed by atoms with Gasteiger partial charge in [-0.15, -0.1) is 0 Å². The Labute approximate surface area is 171 Å². The summed E-state index contributed by atoms with van der Waals surface area (Å²) in [6.45, 7) is 12.8. The van der Waals surface area contributed by atoms with Gasteiger partial charge in [0.25, 0.3) is 0 Å². The molecule has 0 aliphatic carbocycles. The predicted molar refractivity (Wildman–Crippen MR) is 115 cm³/mol. The topological polar surface area (TPSA) is 105 Å². The third-order valence-electron chi connectivity index (χ3n) is 6.04. The predicted octanol–water partition coefficient (Wildman–Crippen LogP) is 3.89. The first-order valence-electron chi connectivity index (χ1n) is 10.7. The average molecular weight is 401 g/mol. The summed E-state index contributed by atoms with van der Waals surface area (Å²) in [5, 5.41) is 21.8. The standard InChI is InChI=1S/C22H44N2O4/c1-6-18(3)21(4,5)15-22(7-2,16-25)17-28-14-19(23)13-24-12-10-8-9-11-20(26)27/h13,18,24-25H,6-12,14-17,23H2,1-5H3,(H,26,27)/b19-13-. The van der Waals surface area contributed by atoms with Gasteiger partial charge in [0.2, 0.25) is 0 Å². The van der Waals surface area contributed by atoms with Crippen LogP contribution in [0.5, 0.6) is 0 Å². The maximum atomic E-state index is 10.4. The molecule has 0 radical (unpaired) electrons. The Balaban J connectivity index is 4.33. The van der Waals surface area contributed by atoms with E-state index in [2.05, 4.69) is 39.9 Å². The van der Waals surface area contributed by atoms with Crippen LogP contribution in [0.3, 0.4) is 0 Å². The van der Waals surface area contributed by atoms with Crippen LogP contribution in [-0.2, 0) is 9.53 Å². The van der Waals surface area contributed by atoms with Crippen molar-refractivity contribution in [3.05, 3.63) is 11.9 Å². The molecule has 0 aliphatic heterocycles. The van der Waals surface area contributed by atoms with Crippen LogP contribution >= 0.6 is 0 Å². The second kappa shape index (κ2) is 13.8. The number of unbranched alkanes of at least 4 members (excludes halogenated alkanes) is 2. The van der Waals surface area contributed by atoms with Gasteiger partial charge in [0.1, 0.15) is 0 Å². The highest BCUT2D eigenvalue weighted by Crippen LogP contribution is 2.42. The molecule has 6 heteroatoms. The first kappa shape index (κ1) is 26.7. The molecule has 0 saturated heterocycles. The van der Waals surface area contributed by atoms with Crippen LogP contribution in [0.1, 0.15) is 79.6 Å². The molecule has 6 nitrogen and oxygen atoms in total. The lowest BCUT2D eigenvalue weighted by atomic mass is 9.66. The van der Waals surface area contributed by atoms with Gasteiger partial charge in [-0.25, -0.2) is 0 Å². The maximum Gasteiger partial charge on any atom is 0.303 e. The minimum atomic E-state index is -0.743. The van der Waals surface area contributed by atoms with Crippen molar-refractivity contribution in [1.29, 1.82) is 0 Å². The molecular formula is C22H44N2O4. The Morgan fingerprint density at radius 2 is 1.93 bits per heavy atom. The summed E-state index contributed by atoms with van der Waals surface area (Å²) in [5.41, 5.74) is 6.51. The molecule has 0 spiro atoms. The molecule has 2 unspecified atom stereocenters. The number of aliphatic carboxylic acids is 1. The molecule has 0 aliphatic rings. The fourth-order valence-corrected chi connectivity index (χ4v) is 3.50. The third-order valence-corrected chi connectivity index (χ3v) is 6.04. The van der Waals surface area contributed by atoms with Gasteiger partial charge in [-0.05, 0) is 37.0 Å². The van der Waals surface area contributed by atoms with E-state index < -0.39 is 5.97 Å². The van der Waals surface area contributed by atoms with Crippen LogP contribution in [0, 0.1) is 16.7 Å². The lowest BCUT2D eigenvalue weighted by Gasteiger charge is -2.41. The summed E-state index contributed by atoms with van der Waals surface area (Å²) >= 11 is 0. The highest BCUT2D eigenvalue weighted by molar-refractivity contribution is 5.66. The van der Waals surface area contributed by atoms with Crippen molar-refractivity contribution in [2.24, 2.45) is 22.5 Å². The largest absolute Gasteiger partial charge is 0.481 e. The number of aliphatic hydroxyl groups excluding tert-OH is 1. The Hall–Kier alpha value is -1.27. The molecule has 0 amide bonds. The molecule has 0 aromatic rings. The Bertz CT molecular complexity index is 459. The molecule has 0 fully saturated rings. The van der Waals surface area contributed by atoms with Crippen molar-refractivity contribution in [3.8, 4) is 0 Å². The lowest BCUT2D eigenvalue weighted by molar-refractivity contribution is -0.137. The zero-order valence-corrected chi connectivity index (χ0v) is 18.7. The van der Waals surface area contributed by atoms with Crippen molar-refractivity contribution in [2.75, 3.05) is 26.4 Å². The number of carbonyl (C=O) groups is 1. The molecule has 0 saturated carbocycles. The van der Waals surface area contributed by atoms with Crippen molar-refractivity contribution in [2.45, 2.75) is 79.6 Å². The molecule has 166 valence electrons. The number of hydrogen-bond acceptors (Lipinski definition) is 5. The van der Waals surface area contributed by atoms with Crippen molar-refractivity contribution >= 4 is 5.97 Å². The van der Waals surface area contributed by atoms with E-state index >= 15 is 0 Å². The second-order valence-electron chi connectivity index (χ2n) is 8.86. The molecular weight excluding hydrogens is 356 g/mol. The fourth-order valence-electron chi connectivity index (χ4n) is 3.50. The zero-order valence-electron chi connectivity index (χ0n) is 18.7. The van der Waals surface area contributed by atoms with Gasteiger partial charge in [0.15, 0.2) is 0 Å². The molecule has 28 heavy (non-hydrogen) atoms. The molecule has 0 heterocycles. The van der Waals surface area contributed by atoms with Crippen LogP contribution in [0.2, 0.25) is 0 Å². The Morgan fingerprint density at radius 3 is 2.46 bits per heavy atom. The normalized spacial score (nSPS) is 15.9. The van der Waals surface area contributed by atoms with Gasteiger partial charge in [0, 0.05) is 24.6 Å². The van der Waals surface area contributed by atoms with Gasteiger partial charge >= 0.3 is 5.97 Å². The van der Waals surface area contributed by atoms with Gasteiger partial charge in [0.05, 0.1) is 25.5 Å². The fraction of sp³-hybridized carbons (Fsp3) is 0.864. The first-order chi connectivity index (χ1) is 13.1. The number of hydrogen-bond donors (Lipinski definition) is 4. The number of carboxylic acid groups (broad SMARTS) is 1. The lowest BCUT2D eigenvalue weighted by Crippen LogP contribution is -2.38. The van der Waals surface area contributed by atoms with Gasteiger partial charge in [-0.2, -0.15) is 0 Å². The van der Waals surface area contributed by atoms with E-state index in [1.165, 1.54) is 0 Å². The van der Waals surface area contributed by atoms with Gasteiger partial charge in [-0.1, -0.05) is 47.5 Å². The van der Waals surface area contributed by atoms with E-state index in [1.807, 2.05) is 0 Å². The van der Waals surface area contributed by atoms with Crippen LogP contribution in [0.15, 0.2) is 11.9 Å². The number of aliphatic hydroxyl groups is 1. The van der Waals surface area contributed by atoms with E-state index in [-0.39, 0.29) is 23.9 Å². The van der Waals surface area contributed by atoms with E-state index in [0.717, 1.165) is 38.6 Å². The number of nitrogens with two attached hydrogens (primary N) is 1. The number of carboxylic acids is 1. The SMILES string of the molecule is CCC(C)C(C)(C)CC(CC)(CO)COC/C(N)=C/NCCCCCC(=O)O. The minimum absolute atomic E-state index is 0.113. The maximum absolute atomic E-state index is 10.4. The van der Waals surface area contributed by atoms with E-state index in [0.29, 0.717) is 31.2 Å². The molecule has 0 rings (SSSR count). The number of ether oxygens (including phenoxy) is 1. The summed E-state index contributed by atoms with van der Waals surface area (Å²) in [6.07, 6.45) is 7.37. The van der Waals surface area contributed by atoms with Crippen molar-refractivity contribution < 1.29 is 19.7 Å². The highest BCUT2D eigenvalue weighted by Gasteiger charge is 2.37. The first-order valence-corrected chi connectivity index (χ1v) is 10.7. The van der Waals surface area contributed by atoms with E-state index in [4.69, 9.17) is 15.6 Å². The Kier molecular flexibility index (Phi) is 13.2. The number of rotatable bonds is 17. The summed E-state index contributed by atoms with van der Waals surface area (Å²) in [4.78, 5) is 10.4. The van der Waals surface area contributed by atoms with Gasteiger partial charge < -0.3 is 26.0 Å². The summed E-state index contributed by atoms with van der Waals surface area (Å²) in [7, 11) is 0. The van der Waals surface area contributed by atoms with Crippen LogP contribution in [0.25, 0.3) is 0 Å². The smallest absolute Gasteiger partial charge is 0.303 e.